The lowest BCUT2D eigenvalue weighted by Crippen LogP contribution is -3.11. The van der Waals surface area contributed by atoms with Crippen molar-refractivity contribution in [1.29, 1.82) is 0 Å². The van der Waals surface area contributed by atoms with Crippen LogP contribution in [-0.2, 0) is 11.3 Å². The van der Waals surface area contributed by atoms with Crippen LogP contribution in [0.2, 0.25) is 0 Å². The minimum absolute atomic E-state index is 0.0345. The molecule has 7 nitrogen and oxygen atoms in total. The summed E-state index contributed by atoms with van der Waals surface area (Å²) in [5.41, 5.74) is 1.29. The van der Waals surface area contributed by atoms with E-state index in [-0.39, 0.29) is 30.0 Å². The first-order chi connectivity index (χ1) is 15.0. The molecule has 168 valence electrons. The second-order valence-electron chi connectivity index (χ2n) is 7.87. The van der Waals surface area contributed by atoms with E-state index < -0.39 is 0 Å². The number of rotatable bonds is 13. The van der Waals surface area contributed by atoms with Gasteiger partial charge >= 0.3 is 0 Å². The van der Waals surface area contributed by atoms with Gasteiger partial charge in [-0.2, -0.15) is 0 Å². The second kappa shape index (κ2) is 13.5. The zero-order valence-electron chi connectivity index (χ0n) is 19.0. The first kappa shape index (κ1) is 24.5. The van der Waals surface area contributed by atoms with Crippen LogP contribution in [0.25, 0.3) is 0 Å². The largest absolute Gasteiger partial charge is 0.354 e. The molecule has 2 N–H and O–H groups in total. The molecule has 2 amide bonds. The number of hydrogen-bond donors (Lipinski definition) is 2. The molecule has 0 unspecified atom stereocenters. The molecule has 0 aliphatic carbocycles. The molecule has 2 aromatic rings. The number of benzene rings is 1. The van der Waals surface area contributed by atoms with Crippen LogP contribution in [0.1, 0.15) is 56.1 Å². The lowest BCUT2D eigenvalue weighted by Gasteiger charge is -2.23. The van der Waals surface area contributed by atoms with Crippen LogP contribution in [0.5, 0.6) is 0 Å². The van der Waals surface area contributed by atoms with Crippen LogP contribution in [0, 0.1) is 0 Å². The lowest BCUT2D eigenvalue weighted by atomic mass is 10.1. The molecule has 1 aromatic heterocycles. The smallest absolute Gasteiger partial charge is 0.274 e. The highest BCUT2D eigenvalue weighted by Crippen LogP contribution is 2.09. The molecule has 0 saturated heterocycles. The molecule has 0 spiro atoms. The van der Waals surface area contributed by atoms with Crippen molar-refractivity contribution in [2.45, 2.75) is 52.6 Å². The Balaban J connectivity index is 1.88. The standard InChI is InChI=1S/C24H35N5O2/c1-4-28(5-2)16-9-10-20(3)27-23(30)13-17-29(19-21-11-7-6-8-12-21)24(31)22-18-25-14-15-26-22/h6-8,11-12,14-15,18,20H,4-5,9-10,13,16-17,19H2,1-3H3,(H,27,30)/p+1/t20-/m1/s1. The molecular formula is C24H36N5O2+. The fraction of sp³-hybridized carbons (Fsp3) is 0.500. The molecule has 0 saturated carbocycles. The highest BCUT2D eigenvalue weighted by Gasteiger charge is 2.19. The Kier molecular flexibility index (Phi) is 10.6. The highest BCUT2D eigenvalue weighted by molar-refractivity contribution is 5.92. The molecule has 0 aliphatic heterocycles. The van der Waals surface area contributed by atoms with Gasteiger partial charge in [-0.15, -0.1) is 0 Å². The van der Waals surface area contributed by atoms with E-state index in [4.69, 9.17) is 0 Å². The van der Waals surface area contributed by atoms with Gasteiger partial charge in [-0.1, -0.05) is 30.3 Å². The summed E-state index contributed by atoms with van der Waals surface area (Å²) < 4.78 is 0. The quantitative estimate of drug-likeness (QED) is 0.511. The normalized spacial score (nSPS) is 11.9. The van der Waals surface area contributed by atoms with Crippen molar-refractivity contribution < 1.29 is 14.5 Å². The molecule has 0 aliphatic rings. The Labute approximate surface area is 185 Å². The maximum atomic E-state index is 12.9. The average Bonchev–Trinajstić information content (AvgIpc) is 2.80. The van der Waals surface area contributed by atoms with E-state index in [9.17, 15) is 9.59 Å². The first-order valence-electron chi connectivity index (χ1n) is 11.3. The minimum Gasteiger partial charge on any atom is -0.354 e. The molecule has 1 atom stereocenters. The highest BCUT2D eigenvalue weighted by atomic mass is 16.2. The zero-order chi connectivity index (χ0) is 22.5. The first-order valence-corrected chi connectivity index (χ1v) is 11.3. The van der Waals surface area contributed by atoms with E-state index in [1.54, 1.807) is 9.80 Å². The van der Waals surface area contributed by atoms with E-state index >= 15 is 0 Å². The molecule has 0 radical (unpaired) electrons. The summed E-state index contributed by atoms with van der Waals surface area (Å²) in [6, 6.07) is 9.88. The molecule has 1 heterocycles. The van der Waals surface area contributed by atoms with Crippen molar-refractivity contribution in [3.05, 3.63) is 60.2 Å². The molecule has 2 rings (SSSR count). The summed E-state index contributed by atoms with van der Waals surface area (Å²) >= 11 is 0. The van der Waals surface area contributed by atoms with Crippen molar-refractivity contribution >= 4 is 11.8 Å². The third-order valence-electron chi connectivity index (χ3n) is 5.47. The summed E-state index contributed by atoms with van der Waals surface area (Å²) in [7, 11) is 0. The second-order valence-corrected chi connectivity index (χ2v) is 7.87. The van der Waals surface area contributed by atoms with E-state index in [0.717, 1.165) is 38.0 Å². The van der Waals surface area contributed by atoms with Crippen LogP contribution in [0.3, 0.4) is 0 Å². The zero-order valence-corrected chi connectivity index (χ0v) is 19.0. The van der Waals surface area contributed by atoms with Gasteiger partial charge in [0, 0.05) is 37.9 Å². The Morgan fingerprint density at radius 1 is 1.13 bits per heavy atom. The number of carbonyl (C=O) groups excluding carboxylic acids is 2. The number of amides is 2. The van der Waals surface area contributed by atoms with E-state index in [0.29, 0.717) is 13.1 Å². The molecule has 31 heavy (non-hydrogen) atoms. The lowest BCUT2D eigenvalue weighted by molar-refractivity contribution is -0.896. The van der Waals surface area contributed by atoms with Gasteiger partial charge in [0.05, 0.1) is 25.8 Å². The summed E-state index contributed by atoms with van der Waals surface area (Å²) in [5.74, 6) is -0.257. The number of aromatic nitrogens is 2. The molecule has 1 aromatic carbocycles. The van der Waals surface area contributed by atoms with Crippen molar-refractivity contribution in [2.75, 3.05) is 26.2 Å². The fourth-order valence-corrected chi connectivity index (χ4v) is 3.55. The Morgan fingerprint density at radius 2 is 1.87 bits per heavy atom. The number of quaternary nitrogens is 1. The van der Waals surface area contributed by atoms with Gasteiger partial charge in [0.25, 0.3) is 5.91 Å². The summed E-state index contributed by atoms with van der Waals surface area (Å²) in [6.07, 6.45) is 6.80. The maximum Gasteiger partial charge on any atom is 0.274 e. The van der Waals surface area contributed by atoms with Gasteiger partial charge in [0.1, 0.15) is 5.69 Å². The Morgan fingerprint density at radius 3 is 2.52 bits per heavy atom. The van der Waals surface area contributed by atoms with Crippen LogP contribution in [0.4, 0.5) is 0 Å². The number of hydrogen-bond acceptors (Lipinski definition) is 4. The van der Waals surface area contributed by atoms with Crippen molar-refractivity contribution in [1.82, 2.24) is 20.2 Å². The number of carbonyl (C=O) groups is 2. The van der Waals surface area contributed by atoms with Crippen LogP contribution in [-0.4, -0.2) is 58.9 Å². The monoisotopic (exact) mass is 426 g/mol. The van der Waals surface area contributed by atoms with E-state index in [1.807, 2.05) is 37.3 Å². The Bertz CT molecular complexity index is 781. The van der Waals surface area contributed by atoms with Crippen LogP contribution >= 0.6 is 0 Å². The summed E-state index contributed by atoms with van der Waals surface area (Å²) in [6.45, 7) is 10.6. The van der Waals surface area contributed by atoms with Gasteiger partial charge in [-0.25, -0.2) is 4.98 Å². The number of nitrogens with one attached hydrogen (secondary N) is 2. The van der Waals surface area contributed by atoms with Crippen molar-refractivity contribution in [3.63, 3.8) is 0 Å². The van der Waals surface area contributed by atoms with Crippen molar-refractivity contribution in [3.8, 4) is 0 Å². The van der Waals surface area contributed by atoms with E-state index in [1.165, 1.54) is 18.6 Å². The predicted octanol–water partition coefficient (Wildman–Crippen LogP) is 1.72. The molecule has 0 bridgehead atoms. The van der Waals surface area contributed by atoms with E-state index in [2.05, 4.69) is 29.1 Å². The minimum atomic E-state index is -0.222. The summed E-state index contributed by atoms with van der Waals surface area (Å²) in [4.78, 5) is 36.8. The maximum absolute atomic E-state index is 12.9. The van der Waals surface area contributed by atoms with Gasteiger partial charge in [0.2, 0.25) is 5.91 Å². The predicted molar refractivity (Wildman–Crippen MR) is 122 cm³/mol. The fourth-order valence-electron chi connectivity index (χ4n) is 3.55. The van der Waals surface area contributed by atoms with Crippen LogP contribution < -0.4 is 10.2 Å². The SMILES string of the molecule is CC[NH+](CC)CCC[C@@H](C)NC(=O)CCN(Cc1ccccc1)C(=O)c1cnccn1. The van der Waals surface area contributed by atoms with Gasteiger partial charge in [0.15, 0.2) is 0 Å². The van der Waals surface area contributed by atoms with Gasteiger partial charge in [-0.05, 0) is 39.2 Å². The third kappa shape index (κ3) is 8.84. The van der Waals surface area contributed by atoms with Crippen LogP contribution in [0.15, 0.2) is 48.9 Å². The number of nitrogens with zero attached hydrogens (tertiary/aromatic N) is 3. The third-order valence-corrected chi connectivity index (χ3v) is 5.47. The van der Waals surface area contributed by atoms with Gasteiger partial charge < -0.3 is 15.1 Å². The summed E-state index contributed by atoms with van der Waals surface area (Å²) in [5, 5.41) is 3.07. The van der Waals surface area contributed by atoms with Gasteiger partial charge in [-0.3, -0.25) is 14.6 Å². The molecular weight excluding hydrogens is 390 g/mol. The molecule has 7 heteroatoms. The van der Waals surface area contributed by atoms with Crippen molar-refractivity contribution in [2.24, 2.45) is 0 Å². The average molecular weight is 427 g/mol. The molecule has 0 fully saturated rings. The topological polar surface area (TPSA) is 79.6 Å². The Hall–Kier alpha value is -2.80.